The van der Waals surface area contributed by atoms with Gasteiger partial charge in [-0.2, -0.15) is 5.26 Å². The Labute approximate surface area is 79.3 Å². The molecular weight excluding hydrogens is 158 g/mol. The van der Waals surface area contributed by atoms with Crippen molar-refractivity contribution in [1.29, 1.82) is 5.26 Å². The SMILES string of the molecule is C=Cc1cccc([C](C)C)c1C#N. The van der Waals surface area contributed by atoms with E-state index in [0.29, 0.717) is 0 Å². The fourth-order valence-electron chi connectivity index (χ4n) is 1.28. The molecule has 0 fully saturated rings. The Morgan fingerprint density at radius 2 is 2.15 bits per heavy atom. The molecule has 1 heteroatoms. The summed E-state index contributed by atoms with van der Waals surface area (Å²) in [4.78, 5) is 0. The van der Waals surface area contributed by atoms with E-state index in [1.54, 1.807) is 6.08 Å². The standard InChI is InChI=1S/C12H12N/c1-4-10-6-5-7-11(9(2)3)12(10)8-13/h4-7H,1H2,2-3H3. The molecule has 0 saturated carbocycles. The average Bonchev–Trinajstić information content (AvgIpc) is 2.16. The molecule has 0 aliphatic rings. The summed E-state index contributed by atoms with van der Waals surface area (Å²) in [6, 6.07) is 8.01. The summed E-state index contributed by atoms with van der Waals surface area (Å²) in [6.45, 7) is 7.69. The van der Waals surface area contributed by atoms with Crippen molar-refractivity contribution in [3.05, 3.63) is 47.4 Å². The topological polar surface area (TPSA) is 23.8 Å². The number of benzene rings is 1. The molecule has 65 valence electrons. The fourth-order valence-corrected chi connectivity index (χ4v) is 1.28. The van der Waals surface area contributed by atoms with Crippen LogP contribution in [-0.4, -0.2) is 0 Å². The van der Waals surface area contributed by atoms with Crippen molar-refractivity contribution in [2.75, 3.05) is 0 Å². The minimum Gasteiger partial charge on any atom is -0.192 e. The number of hydrogen-bond acceptors (Lipinski definition) is 1. The van der Waals surface area contributed by atoms with Crippen LogP contribution >= 0.6 is 0 Å². The van der Waals surface area contributed by atoms with E-state index in [2.05, 4.69) is 12.6 Å². The lowest BCUT2D eigenvalue weighted by Crippen LogP contribution is -1.95. The Kier molecular flexibility index (Phi) is 2.87. The molecule has 0 spiro atoms. The van der Waals surface area contributed by atoms with Crippen LogP contribution in [-0.2, 0) is 0 Å². The third-order valence-corrected chi connectivity index (χ3v) is 1.97. The molecule has 0 saturated heterocycles. The fraction of sp³-hybridized carbons (Fsp3) is 0.167. The zero-order valence-electron chi connectivity index (χ0n) is 7.96. The van der Waals surface area contributed by atoms with Crippen molar-refractivity contribution >= 4 is 6.08 Å². The van der Waals surface area contributed by atoms with Gasteiger partial charge in [0.1, 0.15) is 6.07 Å². The summed E-state index contributed by atoms with van der Waals surface area (Å²) in [5, 5.41) is 8.97. The lowest BCUT2D eigenvalue weighted by molar-refractivity contribution is 1.14. The van der Waals surface area contributed by atoms with E-state index < -0.39 is 0 Å². The first-order valence-electron chi connectivity index (χ1n) is 4.16. The van der Waals surface area contributed by atoms with E-state index in [4.69, 9.17) is 5.26 Å². The van der Waals surface area contributed by atoms with Gasteiger partial charge in [0.05, 0.1) is 5.56 Å². The first-order chi connectivity index (χ1) is 6.20. The largest absolute Gasteiger partial charge is 0.192 e. The zero-order chi connectivity index (χ0) is 9.84. The van der Waals surface area contributed by atoms with Crippen molar-refractivity contribution in [1.82, 2.24) is 0 Å². The molecule has 0 aliphatic carbocycles. The van der Waals surface area contributed by atoms with Crippen LogP contribution in [0, 0.1) is 17.2 Å². The van der Waals surface area contributed by atoms with E-state index >= 15 is 0 Å². The quantitative estimate of drug-likeness (QED) is 0.668. The maximum atomic E-state index is 8.97. The second-order valence-electron chi connectivity index (χ2n) is 3.09. The third-order valence-electron chi connectivity index (χ3n) is 1.97. The molecule has 13 heavy (non-hydrogen) atoms. The van der Waals surface area contributed by atoms with Gasteiger partial charge in [0.2, 0.25) is 0 Å². The Morgan fingerprint density at radius 1 is 1.46 bits per heavy atom. The van der Waals surface area contributed by atoms with Crippen LogP contribution in [0.15, 0.2) is 24.8 Å². The van der Waals surface area contributed by atoms with Crippen LogP contribution in [0.2, 0.25) is 0 Å². The number of hydrogen-bond donors (Lipinski definition) is 0. The molecule has 0 bridgehead atoms. The molecule has 0 aromatic heterocycles. The lowest BCUT2D eigenvalue weighted by Gasteiger charge is -2.08. The molecule has 0 N–H and O–H groups in total. The maximum absolute atomic E-state index is 8.97. The predicted molar refractivity (Wildman–Crippen MR) is 54.9 cm³/mol. The summed E-state index contributed by atoms with van der Waals surface area (Å²) < 4.78 is 0. The second-order valence-corrected chi connectivity index (χ2v) is 3.09. The van der Waals surface area contributed by atoms with Gasteiger partial charge in [-0.25, -0.2) is 0 Å². The maximum Gasteiger partial charge on any atom is 0.100 e. The highest BCUT2D eigenvalue weighted by Gasteiger charge is 2.08. The van der Waals surface area contributed by atoms with Gasteiger partial charge < -0.3 is 0 Å². The first kappa shape index (κ1) is 9.54. The molecule has 0 amide bonds. The Hall–Kier alpha value is -1.55. The van der Waals surface area contributed by atoms with Gasteiger partial charge in [-0.3, -0.25) is 0 Å². The molecule has 1 aromatic rings. The molecule has 1 radical (unpaired) electrons. The molecule has 0 heterocycles. The smallest absolute Gasteiger partial charge is 0.100 e. The minimum absolute atomic E-state index is 0.720. The summed E-state index contributed by atoms with van der Waals surface area (Å²) in [5.74, 6) is 1.15. The van der Waals surface area contributed by atoms with Crippen molar-refractivity contribution in [2.24, 2.45) is 0 Å². The predicted octanol–water partition coefficient (Wildman–Crippen LogP) is 3.16. The van der Waals surface area contributed by atoms with Crippen LogP contribution in [0.1, 0.15) is 30.5 Å². The summed E-state index contributed by atoms with van der Waals surface area (Å²) in [7, 11) is 0. The van der Waals surface area contributed by atoms with Crippen LogP contribution in [0.3, 0.4) is 0 Å². The third kappa shape index (κ3) is 1.78. The normalized spacial score (nSPS) is 9.69. The average molecular weight is 170 g/mol. The minimum atomic E-state index is 0.720. The van der Waals surface area contributed by atoms with Crippen molar-refractivity contribution in [3.8, 4) is 6.07 Å². The lowest BCUT2D eigenvalue weighted by atomic mass is 9.94. The molecule has 1 rings (SSSR count). The van der Waals surface area contributed by atoms with Crippen molar-refractivity contribution in [2.45, 2.75) is 13.8 Å². The number of nitriles is 1. The van der Waals surface area contributed by atoms with Crippen molar-refractivity contribution < 1.29 is 0 Å². The van der Waals surface area contributed by atoms with Crippen molar-refractivity contribution in [3.63, 3.8) is 0 Å². The Balaban J connectivity index is 3.37. The van der Waals surface area contributed by atoms with E-state index in [1.807, 2.05) is 32.0 Å². The van der Waals surface area contributed by atoms with E-state index in [-0.39, 0.29) is 0 Å². The van der Waals surface area contributed by atoms with Gasteiger partial charge in [-0.15, -0.1) is 0 Å². The molecule has 0 atom stereocenters. The van der Waals surface area contributed by atoms with Gasteiger partial charge in [0.25, 0.3) is 0 Å². The van der Waals surface area contributed by atoms with Gasteiger partial charge in [0.15, 0.2) is 0 Å². The second kappa shape index (κ2) is 3.91. The summed E-state index contributed by atoms with van der Waals surface area (Å²) in [6.07, 6.45) is 1.71. The van der Waals surface area contributed by atoms with Gasteiger partial charge in [0, 0.05) is 5.92 Å². The Bertz CT molecular complexity index is 356. The summed E-state index contributed by atoms with van der Waals surface area (Å²) in [5.41, 5.74) is 2.64. The zero-order valence-corrected chi connectivity index (χ0v) is 7.96. The van der Waals surface area contributed by atoms with Crippen LogP contribution in [0.5, 0.6) is 0 Å². The highest BCUT2D eigenvalue weighted by Crippen LogP contribution is 2.21. The summed E-state index contributed by atoms with van der Waals surface area (Å²) >= 11 is 0. The van der Waals surface area contributed by atoms with Gasteiger partial charge in [-0.05, 0) is 11.1 Å². The van der Waals surface area contributed by atoms with E-state index in [0.717, 1.165) is 22.6 Å². The van der Waals surface area contributed by atoms with Gasteiger partial charge in [-0.1, -0.05) is 44.7 Å². The van der Waals surface area contributed by atoms with Crippen LogP contribution in [0.4, 0.5) is 0 Å². The van der Waals surface area contributed by atoms with E-state index in [9.17, 15) is 0 Å². The van der Waals surface area contributed by atoms with Crippen LogP contribution in [0.25, 0.3) is 6.08 Å². The number of nitrogens with zero attached hydrogens (tertiary/aromatic N) is 1. The number of rotatable bonds is 2. The van der Waals surface area contributed by atoms with Gasteiger partial charge >= 0.3 is 0 Å². The highest BCUT2D eigenvalue weighted by molar-refractivity contribution is 5.61. The Morgan fingerprint density at radius 3 is 2.62 bits per heavy atom. The molecule has 0 unspecified atom stereocenters. The monoisotopic (exact) mass is 170 g/mol. The molecule has 1 nitrogen and oxygen atoms in total. The molecule has 1 aromatic carbocycles. The molecular formula is C12H12N. The first-order valence-corrected chi connectivity index (χ1v) is 4.16. The van der Waals surface area contributed by atoms with Crippen LogP contribution < -0.4 is 0 Å². The highest BCUT2D eigenvalue weighted by atomic mass is 14.3. The van der Waals surface area contributed by atoms with E-state index in [1.165, 1.54) is 0 Å². The molecule has 0 aliphatic heterocycles.